The second kappa shape index (κ2) is 5.10. The molecule has 0 spiro atoms. The lowest BCUT2D eigenvalue weighted by Crippen LogP contribution is -2.30. The summed E-state index contributed by atoms with van der Waals surface area (Å²) in [6, 6.07) is 0. The van der Waals surface area contributed by atoms with Crippen molar-refractivity contribution in [3.05, 3.63) is 16.4 Å². The number of nitrogens with zero attached hydrogens (tertiary/aromatic N) is 2. The summed E-state index contributed by atoms with van der Waals surface area (Å²) in [4.78, 5) is 0. The van der Waals surface area contributed by atoms with Crippen LogP contribution in [0.2, 0.25) is 5.02 Å². The van der Waals surface area contributed by atoms with E-state index in [4.69, 9.17) is 11.6 Å². The highest BCUT2D eigenvalue weighted by Crippen LogP contribution is 2.45. The molecule has 0 radical (unpaired) electrons. The molecule has 1 aromatic heterocycles. The van der Waals surface area contributed by atoms with E-state index in [0.717, 1.165) is 48.6 Å². The fourth-order valence-electron chi connectivity index (χ4n) is 3.29. The predicted molar refractivity (Wildman–Crippen MR) is 78.6 cm³/mol. The molecule has 0 bridgehead atoms. The molecule has 1 unspecified atom stereocenters. The van der Waals surface area contributed by atoms with E-state index in [1.54, 1.807) is 0 Å². The van der Waals surface area contributed by atoms with Gasteiger partial charge in [-0.15, -0.1) is 0 Å². The monoisotopic (exact) mass is 284 g/mol. The average Bonchev–Trinajstić information content (AvgIpc) is 2.78. The summed E-state index contributed by atoms with van der Waals surface area (Å²) in [5, 5.41) is 16.1. The van der Waals surface area contributed by atoms with Gasteiger partial charge in [0.1, 0.15) is 0 Å². The van der Waals surface area contributed by atoms with Gasteiger partial charge >= 0.3 is 0 Å². The van der Waals surface area contributed by atoms with Gasteiger partial charge in [0.2, 0.25) is 0 Å². The van der Waals surface area contributed by atoms with E-state index in [2.05, 4.69) is 32.8 Å². The zero-order valence-electron chi connectivity index (χ0n) is 12.5. The molecule has 0 aromatic carbocycles. The molecule has 1 heterocycles. The molecule has 0 aliphatic heterocycles. The first-order chi connectivity index (χ1) is 8.80. The number of hydrogen-bond acceptors (Lipinski definition) is 2. The smallest absolute Gasteiger partial charge is 0.0850 e. The van der Waals surface area contributed by atoms with Crippen molar-refractivity contribution in [1.29, 1.82) is 0 Å². The van der Waals surface area contributed by atoms with Gasteiger partial charge in [-0.1, -0.05) is 32.4 Å². The third kappa shape index (κ3) is 2.97. The molecule has 0 amide bonds. The Kier molecular flexibility index (Phi) is 3.99. The summed E-state index contributed by atoms with van der Waals surface area (Å²) in [7, 11) is 0. The van der Waals surface area contributed by atoms with Gasteiger partial charge in [0.15, 0.2) is 0 Å². The van der Waals surface area contributed by atoms with E-state index in [1.165, 1.54) is 0 Å². The third-order valence-electron chi connectivity index (χ3n) is 4.27. The van der Waals surface area contributed by atoms with Gasteiger partial charge in [-0.2, -0.15) is 5.10 Å². The Morgan fingerprint density at radius 1 is 1.32 bits per heavy atom. The molecule has 1 N–H and O–H groups in total. The maximum Gasteiger partial charge on any atom is 0.0850 e. The Labute approximate surface area is 121 Å². The van der Waals surface area contributed by atoms with Crippen LogP contribution in [0.5, 0.6) is 0 Å². The molecule has 0 saturated heterocycles. The highest BCUT2D eigenvalue weighted by Gasteiger charge is 2.42. The first-order valence-corrected chi connectivity index (χ1v) is 7.64. The number of hydrogen-bond donors (Lipinski definition) is 1. The van der Waals surface area contributed by atoms with Crippen LogP contribution in [0.1, 0.15) is 58.3 Å². The minimum Gasteiger partial charge on any atom is -0.389 e. The topological polar surface area (TPSA) is 38.0 Å². The summed E-state index contributed by atoms with van der Waals surface area (Å²) >= 11 is 6.43. The molecular weight excluding hydrogens is 260 g/mol. The van der Waals surface area contributed by atoms with Crippen molar-refractivity contribution in [2.24, 2.45) is 5.41 Å². The Bertz CT molecular complexity index is 467. The van der Waals surface area contributed by atoms with E-state index in [0.29, 0.717) is 6.42 Å². The summed E-state index contributed by atoms with van der Waals surface area (Å²) in [6.07, 6.45) is 4.22. The van der Waals surface area contributed by atoms with Crippen LogP contribution in [0, 0.1) is 5.41 Å². The van der Waals surface area contributed by atoms with Crippen molar-refractivity contribution in [3.8, 4) is 0 Å². The normalized spacial score (nSPS) is 26.0. The zero-order chi connectivity index (χ0) is 14.3. The minimum atomic E-state index is -0.620. The minimum absolute atomic E-state index is 0.228. The number of aromatic nitrogens is 2. The van der Waals surface area contributed by atoms with Crippen molar-refractivity contribution in [3.63, 3.8) is 0 Å². The molecule has 2 rings (SSSR count). The predicted octanol–water partition coefficient (Wildman–Crippen LogP) is 3.60. The molecule has 1 aliphatic rings. The molecule has 1 fully saturated rings. The number of rotatable bonds is 4. The lowest BCUT2D eigenvalue weighted by Gasteiger charge is -2.25. The van der Waals surface area contributed by atoms with Crippen molar-refractivity contribution in [2.75, 3.05) is 0 Å². The Balaban J connectivity index is 2.26. The van der Waals surface area contributed by atoms with Crippen molar-refractivity contribution >= 4 is 11.6 Å². The third-order valence-corrected chi connectivity index (χ3v) is 4.70. The Hall–Kier alpha value is -0.540. The van der Waals surface area contributed by atoms with Gasteiger partial charge in [0, 0.05) is 13.0 Å². The number of aryl methyl sites for hydroxylation is 2. The van der Waals surface area contributed by atoms with Gasteiger partial charge in [-0.25, -0.2) is 0 Å². The molecule has 19 heavy (non-hydrogen) atoms. The highest BCUT2D eigenvalue weighted by atomic mass is 35.5. The molecule has 1 atom stereocenters. The van der Waals surface area contributed by atoms with Gasteiger partial charge in [0.25, 0.3) is 0 Å². The Morgan fingerprint density at radius 2 is 2.00 bits per heavy atom. The van der Waals surface area contributed by atoms with Gasteiger partial charge in [0.05, 0.1) is 22.0 Å². The molecule has 1 aliphatic carbocycles. The largest absolute Gasteiger partial charge is 0.389 e. The second-order valence-electron chi connectivity index (χ2n) is 6.62. The van der Waals surface area contributed by atoms with Gasteiger partial charge in [-0.05, 0) is 38.0 Å². The lowest BCUT2D eigenvalue weighted by atomic mass is 9.87. The zero-order valence-corrected chi connectivity index (χ0v) is 13.2. The summed E-state index contributed by atoms with van der Waals surface area (Å²) < 4.78 is 1.95. The molecule has 4 heteroatoms. The van der Waals surface area contributed by atoms with Crippen LogP contribution in [0.15, 0.2) is 0 Å². The van der Waals surface area contributed by atoms with E-state index in [9.17, 15) is 5.11 Å². The van der Waals surface area contributed by atoms with Crippen LogP contribution in [0.25, 0.3) is 0 Å². The summed E-state index contributed by atoms with van der Waals surface area (Å²) in [5.41, 5.74) is 1.55. The summed E-state index contributed by atoms with van der Waals surface area (Å²) in [6.45, 7) is 9.37. The molecule has 3 nitrogen and oxygen atoms in total. The quantitative estimate of drug-likeness (QED) is 0.917. The molecule has 1 aromatic rings. The van der Waals surface area contributed by atoms with Crippen LogP contribution in [0.4, 0.5) is 0 Å². The second-order valence-corrected chi connectivity index (χ2v) is 7.00. The molecule has 108 valence electrons. The first kappa shape index (κ1) is 14.9. The van der Waals surface area contributed by atoms with Crippen LogP contribution in [0.3, 0.4) is 0 Å². The SMILES string of the molecule is CCc1nn(CC)c(CC2(O)CCC(C)(C)C2)c1Cl. The highest BCUT2D eigenvalue weighted by molar-refractivity contribution is 6.31. The van der Waals surface area contributed by atoms with Crippen molar-refractivity contribution in [2.45, 2.75) is 71.9 Å². The van der Waals surface area contributed by atoms with Crippen LogP contribution in [-0.4, -0.2) is 20.5 Å². The average molecular weight is 285 g/mol. The Morgan fingerprint density at radius 3 is 2.47 bits per heavy atom. The summed E-state index contributed by atoms with van der Waals surface area (Å²) in [5.74, 6) is 0. The van der Waals surface area contributed by atoms with Crippen molar-refractivity contribution in [1.82, 2.24) is 9.78 Å². The van der Waals surface area contributed by atoms with E-state index in [1.807, 2.05) is 4.68 Å². The van der Waals surface area contributed by atoms with Gasteiger partial charge < -0.3 is 5.11 Å². The maximum atomic E-state index is 10.8. The van der Waals surface area contributed by atoms with Crippen LogP contribution in [-0.2, 0) is 19.4 Å². The fraction of sp³-hybridized carbons (Fsp3) is 0.800. The van der Waals surface area contributed by atoms with Crippen LogP contribution >= 0.6 is 11.6 Å². The lowest BCUT2D eigenvalue weighted by molar-refractivity contribution is 0.0359. The maximum absolute atomic E-state index is 10.8. The fourth-order valence-corrected chi connectivity index (χ4v) is 3.62. The van der Waals surface area contributed by atoms with Crippen LogP contribution < -0.4 is 0 Å². The molecule has 1 saturated carbocycles. The molecular formula is C15H25ClN2O. The van der Waals surface area contributed by atoms with E-state index >= 15 is 0 Å². The van der Waals surface area contributed by atoms with E-state index in [-0.39, 0.29) is 5.41 Å². The van der Waals surface area contributed by atoms with Crippen molar-refractivity contribution < 1.29 is 5.11 Å². The van der Waals surface area contributed by atoms with E-state index < -0.39 is 5.60 Å². The van der Waals surface area contributed by atoms with Gasteiger partial charge in [-0.3, -0.25) is 4.68 Å². The standard InChI is InChI=1S/C15H25ClN2O/c1-5-11-13(16)12(18(6-2)17-11)9-15(19)8-7-14(3,4)10-15/h19H,5-10H2,1-4H3. The number of aliphatic hydroxyl groups is 1. The number of halogens is 1. The first-order valence-electron chi connectivity index (χ1n) is 7.27.